The lowest BCUT2D eigenvalue weighted by Gasteiger charge is -2.34. The first-order valence-electron chi connectivity index (χ1n) is 6.52. The van der Waals surface area contributed by atoms with Crippen LogP contribution in [0.25, 0.3) is 0 Å². The number of amides is 1. The van der Waals surface area contributed by atoms with E-state index in [1.165, 1.54) is 0 Å². The summed E-state index contributed by atoms with van der Waals surface area (Å²) in [7, 11) is 0. The highest BCUT2D eigenvalue weighted by atomic mass is 16.5. The van der Waals surface area contributed by atoms with E-state index >= 15 is 0 Å². The van der Waals surface area contributed by atoms with E-state index in [-0.39, 0.29) is 5.91 Å². The molecule has 1 aliphatic carbocycles. The van der Waals surface area contributed by atoms with Gasteiger partial charge >= 0.3 is 0 Å². The Morgan fingerprint density at radius 2 is 1.72 bits per heavy atom. The van der Waals surface area contributed by atoms with Gasteiger partial charge in [0.15, 0.2) is 0 Å². The number of morpholine rings is 1. The van der Waals surface area contributed by atoms with E-state index < -0.39 is 17.8 Å². The highest BCUT2D eigenvalue weighted by Gasteiger charge is 2.32. The van der Waals surface area contributed by atoms with Gasteiger partial charge in [0.25, 0.3) is 0 Å². The largest absolute Gasteiger partial charge is 0.550 e. The predicted octanol–water partition coefficient (Wildman–Crippen LogP) is -1.09. The summed E-state index contributed by atoms with van der Waals surface area (Å²) < 4.78 is 5.19. The second kappa shape index (κ2) is 6.15. The normalized spacial score (nSPS) is 29.8. The number of carbonyl (C=O) groups is 2. The zero-order valence-corrected chi connectivity index (χ0v) is 10.4. The van der Waals surface area contributed by atoms with E-state index in [1.54, 1.807) is 5.01 Å². The first-order chi connectivity index (χ1) is 8.68. The molecule has 0 aromatic rings. The zero-order chi connectivity index (χ0) is 13.0. The SMILES string of the molecule is O=C([O-])C1CCCCC1C(=O)NN1CCOCC1. The van der Waals surface area contributed by atoms with Crippen LogP contribution in [0.2, 0.25) is 0 Å². The highest BCUT2D eigenvalue weighted by Crippen LogP contribution is 2.29. The van der Waals surface area contributed by atoms with Gasteiger partial charge in [-0.15, -0.1) is 0 Å². The van der Waals surface area contributed by atoms with Gasteiger partial charge in [-0.05, 0) is 12.8 Å². The van der Waals surface area contributed by atoms with Crippen molar-refractivity contribution in [3.63, 3.8) is 0 Å². The Hall–Kier alpha value is -1.14. The highest BCUT2D eigenvalue weighted by molar-refractivity contribution is 5.83. The standard InChI is InChI=1S/C12H20N2O4/c15-11(13-14-5-7-18-8-6-14)9-3-1-2-4-10(9)12(16)17/h9-10H,1-8H2,(H,13,15)(H,16,17)/p-1. The molecule has 1 saturated heterocycles. The third-order valence-corrected chi connectivity index (χ3v) is 3.68. The minimum absolute atomic E-state index is 0.189. The summed E-state index contributed by atoms with van der Waals surface area (Å²) in [5, 5.41) is 12.8. The number of hydrogen-bond acceptors (Lipinski definition) is 5. The van der Waals surface area contributed by atoms with Gasteiger partial charge in [-0.25, -0.2) is 5.01 Å². The van der Waals surface area contributed by atoms with E-state index in [4.69, 9.17) is 4.74 Å². The van der Waals surface area contributed by atoms with Crippen molar-refractivity contribution in [2.75, 3.05) is 26.3 Å². The second-order valence-corrected chi connectivity index (χ2v) is 4.89. The van der Waals surface area contributed by atoms with Crippen LogP contribution in [0.15, 0.2) is 0 Å². The number of carboxylic acid groups (broad SMARTS) is 1. The zero-order valence-electron chi connectivity index (χ0n) is 10.4. The number of hydrogen-bond donors (Lipinski definition) is 1. The summed E-state index contributed by atoms with van der Waals surface area (Å²) in [6.07, 6.45) is 2.95. The van der Waals surface area contributed by atoms with Crippen molar-refractivity contribution < 1.29 is 19.4 Å². The number of nitrogens with one attached hydrogen (secondary N) is 1. The number of hydrazine groups is 1. The lowest BCUT2D eigenvalue weighted by atomic mass is 9.79. The van der Waals surface area contributed by atoms with Crippen LogP contribution in [0.5, 0.6) is 0 Å². The molecular weight excluding hydrogens is 236 g/mol. The number of aliphatic carboxylic acids is 1. The summed E-state index contributed by atoms with van der Waals surface area (Å²) in [6, 6.07) is 0. The molecular formula is C12H19N2O4-. The van der Waals surface area contributed by atoms with Gasteiger partial charge in [0.2, 0.25) is 5.91 Å². The Kier molecular flexibility index (Phi) is 4.54. The monoisotopic (exact) mass is 255 g/mol. The average Bonchev–Trinajstić information content (AvgIpc) is 2.40. The van der Waals surface area contributed by atoms with Crippen LogP contribution in [0.3, 0.4) is 0 Å². The van der Waals surface area contributed by atoms with Crippen LogP contribution in [0.1, 0.15) is 25.7 Å². The molecule has 0 bridgehead atoms. The van der Waals surface area contributed by atoms with Gasteiger partial charge in [0, 0.05) is 30.9 Å². The fourth-order valence-electron chi connectivity index (χ4n) is 2.64. The van der Waals surface area contributed by atoms with Gasteiger partial charge in [-0.2, -0.15) is 0 Å². The number of ether oxygens (including phenoxy) is 1. The molecule has 2 unspecified atom stereocenters. The maximum absolute atomic E-state index is 12.1. The summed E-state index contributed by atoms with van der Waals surface area (Å²) in [6.45, 7) is 2.48. The first-order valence-corrected chi connectivity index (χ1v) is 6.52. The second-order valence-electron chi connectivity index (χ2n) is 4.89. The van der Waals surface area contributed by atoms with Crippen molar-refractivity contribution in [3.8, 4) is 0 Å². The number of carboxylic acids is 1. The van der Waals surface area contributed by atoms with Gasteiger partial charge < -0.3 is 14.6 Å². The topological polar surface area (TPSA) is 81.7 Å². The average molecular weight is 255 g/mol. The molecule has 1 amide bonds. The fourth-order valence-corrected chi connectivity index (χ4v) is 2.64. The third-order valence-electron chi connectivity index (χ3n) is 3.68. The van der Waals surface area contributed by atoms with Gasteiger partial charge in [0.1, 0.15) is 0 Å². The quantitative estimate of drug-likeness (QED) is 0.692. The number of rotatable bonds is 3. The van der Waals surface area contributed by atoms with Crippen LogP contribution >= 0.6 is 0 Å². The Balaban J connectivity index is 1.91. The molecule has 2 aliphatic rings. The summed E-state index contributed by atoms with van der Waals surface area (Å²) >= 11 is 0. The van der Waals surface area contributed by atoms with Gasteiger partial charge in [-0.3, -0.25) is 10.2 Å². The molecule has 2 rings (SSSR count). The molecule has 1 heterocycles. The number of nitrogens with zero attached hydrogens (tertiary/aromatic N) is 1. The van der Waals surface area contributed by atoms with E-state index in [9.17, 15) is 14.7 Å². The lowest BCUT2D eigenvalue weighted by Crippen LogP contribution is -2.53. The first kappa shape index (κ1) is 13.3. The molecule has 18 heavy (non-hydrogen) atoms. The van der Waals surface area contributed by atoms with Gasteiger partial charge in [-0.1, -0.05) is 12.8 Å². The molecule has 0 aromatic carbocycles. The van der Waals surface area contributed by atoms with Crippen molar-refractivity contribution in [1.82, 2.24) is 10.4 Å². The van der Waals surface area contributed by atoms with E-state index in [1.807, 2.05) is 0 Å². The molecule has 1 aliphatic heterocycles. The van der Waals surface area contributed by atoms with E-state index in [0.29, 0.717) is 39.1 Å². The smallest absolute Gasteiger partial charge is 0.238 e. The lowest BCUT2D eigenvalue weighted by molar-refractivity contribution is -0.314. The molecule has 0 aromatic heterocycles. The summed E-state index contributed by atoms with van der Waals surface area (Å²) in [4.78, 5) is 23.1. The molecule has 2 atom stereocenters. The Morgan fingerprint density at radius 3 is 2.33 bits per heavy atom. The molecule has 6 nitrogen and oxygen atoms in total. The van der Waals surface area contributed by atoms with Crippen LogP contribution < -0.4 is 10.5 Å². The molecule has 1 N–H and O–H groups in total. The van der Waals surface area contributed by atoms with Crippen molar-refractivity contribution in [2.24, 2.45) is 11.8 Å². The van der Waals surface area contributed by atoms with Crippen LogP contribution in [0.4, 0.5) is 0 Å². The Labute approximate surface area is 106 Å². The molecule has 102 valence electrons. The van der Waals surface area contributed by atoms with Crippen LogP contribution in [0, 0.1) is 11.8 Å². The van der Waals surface area contributed by atoms with Crippen LogP contribution in [-0.4, -0.2) is 43.2 Å². The van der Waals surface area contributed by atoms with Crippen molar-refractivity contribution in [3.05, 3.63) is 0 Å². The molecule has 0 spiro atoms. The third kappa shape index (κ3) is 3.20. The van der Waals surface area contributed by atoms with E-state index in [0.717, 1.165) is 12.8 Å². The minimum atomic E-state index is -1.10. The van der Waals surface area contributed by atoms with Crippen molar-refractivity contribution in [2.45, 2.75) is 25.7 Å². The van der Waals surface area contributed by atoms with Crippen molar-refractivity contribution in [1.29, 1.82) is 0 Å². The van der Waals surface area contributed by atoms with Gasteiger partial charge in [0.05, 0.1) is 13.2 Å². The fraction of sp³-hybridized carbons (Fsp3) is 0.833. The summed E-state index contributed by atoms with van der Waals surface area (Å²) in [5.74, 6) is -2.38. The predicted molar refractivity (Wildman–Crippen MR) is 61.0 cm³/mol. The minimum Gasteiger partial charge on any atom is -0.550 e. The molecule has 2 fully saturated rings. The molecule has 1 saturated carbocycles. The molecule has 0 radical (unpaired) electrons. The Bertz CT molecular complexity index is 315. The number of carbonyl (C=O) groups excluding carboxylic acids is 2. The van der Waals surface area contributed by atoms with Crippen LogP contribution in [-0.2, 0) is 14.3 Å². The summed E-state index contributed by atoms with van der Waals surface area (Å²) in [5.41, 5.74) is 2.80. The maximum atomic E-state index is 12.1. The Morgan fingerprint density at radius 1 is 1.11 bits per heavy atom. The van der Waals surface area contributed by atoms with Crippen molar-refractivity contribution >= 4 is 11.9 Å². The van der Waals surface area contributed by atoms with E-state index in [2.05, 4.69) is 5.43 Å². The maximum Gasteiger partial charge on any atom is 0.238 e. The molecule has 6 heteroatoms.